The number of carbonyl (C=O) groups is 1. The van der Waals surface area contributed by atoms with Gasteiger partial charge in [0.05, 0.1) is 11.9 Å². The molecule has 0 aliphatic rings. The highest BCUT2D eigenvalue weighted by atomic mass is 32.2. The second-order valence-electron chi connectivity index (χ2n) is 6.30. The van der Waals surface area contributed by atoms with E-state index in [1.165, 1.54) is 15.0 Å². The molecule has 0 spiro atoms. The molecule has 1 unspecified atom stereocenters. The predicted molar refractivity (Wildman–Crippen MR) is 111 cm³/mol. The average molecular weight is 407 g/mol. The number of hydrogen-bond donors (Lipinski definition) is 2. The van der Waals surface area contributed by atoms with Gasteiger partial charge in [-0.3, -0.25) is 9.35 Å². The standard InChI is InChI=1S/C20H17N5O3S/c1-14-6-5-9-16(12-14)25(29(27)28)18-10-11-24-19(23-18)17(13-21-24)20(26)22-15-7-3-2-4-8-15/h2-13H,1H3,(H,22,26)(H,27,28). The Morgan fingerprint density at radius 1 is 1.14 bits per heavy atom. The topological polar surface area (TPSA) is 99.8 Å². The molecule has 1 amide bonds. The Balaban J connectivity index is 1.74. The summed E-state index contributed by atoms with van der Waals surface area (Å²) in [6, 6.07) is 17.8. The van der Waals surface area contributed by atoms with Gasteiger partial charge in [0, 0.05) is 18.0 Å². The van der Waals surface area contributed by atoms with Crippen LogP contribution in [0.1, 0.15) is 15.9 Å². The molecule has 0 fully saturated rings. The van der Waals surface area contributed by atoms with E-state index in [2.05, 4.69) is 15.4 Å². The number of hydrogen-bond acceptors (Lipinski definition) is 4. The normalized spacial score (nSPS) is 11.9. The first-order valence-corrected chi connectivity index (χ1v) is 9.78. The number of fused-ring (bicyclic) bond motifs is 1. The van der Waals surface area contributed by atoms with Crippen molar-refractivity contribution in [3.63, 3.8) is 0 Å². The Kier molecular flexibility index (Phi) is 5.07. The Morgan fingerprint density at radius 3 is 2.66 bits per heavy atom. The van der Waals surface area contributed by atoms with Gasteiger partial charge in [-0.15, -0.1) is 0 Å². The van der Waals surface area contributed by atoms with Gasteiger partial charge in [-0.2, -0.15) is 5.10 Å². The van der Waals surface area contributed by atoms with Gasteiger partial charge in [0.25, 0.3) is 17.2 Å². The molecular formula is C20H17N5O3S. The number of nitrogens with zero attached hydrogens (tertiary/aromatic N) is 4. The van der Waals surface area contributed by atoms with Crippen molar-refractivity contribution in [2.75, 3.05) is 9.62 Å². The lowest BCUT2D eigenvalue weighted by Crippen LogP contribution is -2.21. The number of anilines is 3. The van der Waals surface area contributed by atoms with Gasteiger partial charge in [-0.25, -0.2) is 18.0 Å². The monoisotopic (exact) mass is 407 g/mol. The minimum Gasteiger partial charge on any atom is -0.322 e. The van der Waals surface area contributed by atoms with Gasteiger partial charge < -0.3 is 5.32 Å². The summed E-state index contributed by atoms with van der Waals surface area (Å²) < 4.78 is 24.5. The van der Waals surface area contributed by atoms with E-state index in [1.807, 2.05) is 31.2 Å². The van der Waals surface area contributed by atoms with Crippen LogP contribution in [0.25, 0.3) is 5.65 Å². The summed E-state index contributed by atoms with van der Waals surface area (Å²) >= 11 is -2.35. The van der Waals surface area contributed by atoms with Crippen LogP contribution in [0.2, 0.25) is 0 Å². The maximum atomic E-state index is 12.7. The van der Waals surface area contributed by atoms with E-state index in [-0.39, 0.29) is 22.9 Å². The Bertz CT molecular complexity index is 1210. The van der Waals surface area contributed by atoms with Gasteiger partial charge in [0.1, 0.15) is 5.56 Å². The second-order valence-corrected chi connectivity index (χ2v) is 7.12. The summed E-state index contributed by atoms with van der Waals surface area (Å²) in [6.07, 6.45) is 3.00. The Hall–Kier alpha value is -3.56. The molecule has 9 heteroatoms. The SMILES string of the molecule is Cc1cccc(N(c2ccn3ncc(C(=O)Nc4ccccc4)c3n2)S(=O)O)c1. The first kappa shape index (κ1) is 18.8. The molecule has 0 aliphatic heterocycles. The van der Waals surface area contributed by atoms with Crippen molar-refractivity contribution < 1.29 is 13.6 Å². The average Bonchev–Trinajstić information content (AvgIpc) is 3.12. The molecule has 146 valence electrons. The maximum Gasteiger partial charge on any atom is 0.267 e. The van der Waals surface area contributed by atoms with Crippen LogP contribution in [0.3, 0.4) is 0 Å². The van der Waals surface area contributed by atoms with Crippen LogP contribution in [-0.2, 0) is 11.3 Å². The van der Waals surface area contributed by atoms with Crippen molar-refractivity contribution in [2.45, 2.75) is 6.92 Å². The molecule has 2 heterocycles. The number of nitrogens with one attached hydrogen (secondary N) is 1. The number of carbonyl (C=O) groups excluding carboxylic acids is 1. The zero-order chi connectivity index (χ0) is 20.4. The number of amides is 1. The Labute approximate surface area is 169 Å². The quantitative estimate of drug-likeness (QED) is 0.493. The lowest BCUT2D eigenvalue weighted by atomic mass is 10.2. The molecule has 4 aromatic rings. The maximum absolute atomic E-state index is 12.7. The van der Waals surface area contributed by atoms with Crippen molar-refractivity contribution in [3.8, 4) is 0 Å². The molecule has 0 saturated carbocycles. The van der Waals surface area contributed by atoms with Gasteiger partial charge in [-0.05, 0) is 36.8 Å². The smallest absolute Gasteiger partial charge is 0.267 e. The molecule has 8 nitrogen and oxygen atoms in total. The van der Waals surface area contributed by atoms with Crippen LogP contribution in [-0.4, -0.2) is 29.3 Å². The third kappa shape index (κ3) is 3.86. The van der Waals surface area contributed by atoms with Crippen LogP contribution in [0.15, 0.2) is 73.1 Å². The van der Waals surface area contributed by atoms with Crippen LogP contribution >= 0.6 is 0 Å². The van der Waals surface area contributed by atoms with Crippen LogP contribution in [0.4, 0.5) is 17.2 Å². The highest BCUT2D eigenvalue weighted by Gasteiger charge is 2.20. The molecule has 2 aromatic heterocycles. The van der Waals surface area contributed by atoms with Crippen molar-refractivity contribution >= 4 is 40.0 Å². The summed E-state index contributed by atoms with van der Waals surface area (Å²) in [5.74, 6) is -0.152. The van der Waals surface area contributed by atoms with E-state index in [0.717, 1.165) is 5.56 Å². The molecule has 0 bridgehead atoms. The molecule has 2 aromatic carbocycles. The van der Waals surface area contributed by atoms with E-state index < -0.39 is 11.3 Å². The van der Waals surface area contributed by atoms with Crippen molar-refractivity contribution in [3.05, 3.63) is 84.2 Å². The zero-order valence-corrected chi connectivity index (χ0v) is 16.2. The van der Waals surface area contributed by atoms with E-state index in [1.54, 1.807) is 42.6 Å². The van der Waals surface area contributed by atoms with Crippen LogP contribution < -0.4 is 9.62 Å². The highest BCUT2D eigenvalue weighted by Crippen LogP contribution is 2.26. The fraction of sp³-hybridized carbons (Fsp3) is 0.0500. The van der Waals surface area contributed by atoms with Crippen molar-refractivity contribution in [1.82, 2.24) is 14.6 Å². The number of rotatable bonds is 5. The lowest BCUT2D eigenvalue weighted by molar-refractivity contribution is 0.102. The molecule has 1 atom stereocenters. The van der Waals surface area contributed by atoms with Crippen LogP contribution in [0, 0.1) is 6.92 Å². The highest BCUT2D eigenvalue weighted by molar-refractivity contribution is 7.81. The summed E-state index contributed by atoms with van der Waals surface area (Å²) in [7, 11) is 0. The fourth-order valence-corrected chi connectivity index (χ4v) is 3.46. The number of para-hydroxylation sites is 1. The minimum atomic E-state index is -2.35. The molecule has 0 aliphatic carbocycles. The van der Waals surface area contributed by atoms with E-state index in [9.17, 15) is 13.6 Å². The molecule has 2 N–H and O–H groups in total. The third-order valence-corrected chi connectivity index (χ3v) is 4.94. The van der Waals surface area contributed by atoms with Gasteiger partial charge >= 0.3 is 0 Å². The van der Waals surface area contributed by atoms with E-state index >= 15 is 0 Å². The van der Waals surface area contributed by atoms with Gasteiger partial charge in [0.15, 0.2) is 11.5 Å². The number of benzene rings is 2. The second kappa shape index (κ2) is 7.82. The first-order chi connectivity index (χ1) is 14.0. The molecule has 0 saturated heterocycles. The van der Waals surface area contributed by atoms with E-state index in [0.29, 0.717) is 11.4 Å². The molecule has 0 radical (unpaired) electrons. The molecular weight excluding hydrogens is 390 g/mol. The number of aryl methyl sites for hydroxylation is 1. The largest absolute Gasteiger partial charge is 0.322 e. The first-order valence-electron chi connectivity index (χ1n) is 8.71. The number of aromatic nitrogens is 3. The minimum absolute atomic E-state index is 0.221. The lowest BCUT2D eigenvalue weighted by Gasteiger charge is -2.19. The fourth-order valence-electron chi connectivity index (χ4n) is 2.91. The molecule has 29 heavy (non-hydrogen) atoms. The summed E-state index contributed by atoms with van der Waals surface area (Å²) in [5, 5.41) is 6.94. The third-order valence-electron chi connectivity index (χ3n) is 4.23. The van der Waals surface area contributed by atoms with Gasteiger partial charge in [0.2, 0.25) is 0 Å². The van der Waals surface area contributed by atoms with E-state index in [4.69, 9.17) is 0 Å². The summed E-state index contributed by atoms with van der Waals surface area (Å²) in [5.41, 5.74) is 2.62. The van der Waals surface area contributed by atoms with Gasteiger partial charge in [-0.1, -0.05) is 30.3 Å². The predicted octanol–water partition coefficient (Wildman–Crippen LogP) is 3.56. The zero-order valence-electron chi connectivity index (χ0n) is 15.4. The summed E-state index contributed by atoms with van der Waals surface area (Å²) in [4.78, 5) is 17.1. The van der Waals surface area contributed by atoms with Crippen molar-refractivity contribution in [1.29, 1.82) is 0 Å². The Morgan fingerprint density at radius 2 is 1.93 bits per heavy atom. The van der Waals surface area contributed by atoms with Crippen LogP contribution in [0.5, 0.6) is 0 Å². The summed E-state index contributed by atoms with van der Waals surface area (Å²) in [6.45, 7) is 1.89. The molecule has 4 rings (SSSR count). The van der Waals surface area contributed by atoms with Crippen molar-refractivity contribution in [2.24, 2.45) is 0 Å².